The average Bonchev–Trinajstić information content (AvgIpc) is 2.65. The summed E-state index contributed by atoms with van der Waals surface area (Å²) < 4.78 is 5.71. The number of hydrogen-bond acceptors (Lipinski definition) is 3. The van der Waals surface area contributed by atoms with Crippen LogP contribution in [0.3, 0.4) is 0 Å². The fourth-order valence-corrected chi connectivity index (χ4v) is 3.95. The number of carbonyl (C=O) groups is 1. The number of carbonyl (C=O) groups excluding carboxylic acids is 1. The smallest absolute Gasteiger partial charge is 0.254 e. The van der Waals surface area contributed by atoms with Crippen molar-refractivity contribution in [3.8, 4) is 0 Å². The summed E-state index contributed by atoms with van der Waals surface area (Å²) in [6, 6.07) is 7.71. The number of guanidine groups is 1. The van der Waals surface area contributed by atoms with Gasteiger partial charge in [0, 0.05) is 31.7 Å². The lowest BCUT2D eigenvalue weighted by atomic mass is 10.0. The molecule has 3 rings (SSSR count). The molecule has 2 saturated heterocycles. The number of ether oxygens (including phenoxy) is 1. The highest BCUT2D eigenvalue weighted by Gasteiger charge is 2.26. The molecule has 0 bridgehead atoms. The van der Waals surface area contributed by atoms with E-state index in [0.29, 0.717) is 37.1 Å². The van der Waals surface area contributed by atoms with Crippen LogP contribution in [0.4, 0.5) is 0 Å². The molecule has 2 aliphatic heterocycles. The van der Waals surface area contributed by atoms with Gasteiger partial charge >= 0.3 is 0 Å². The Morgan fingerprint density at radius 2 is 1.78 bits per heavy atom. The Balaban J connectivity index is 1.58. The highest BCUT2D eigenvalue weighted by Crippen LogP contribution is 2.17. The summed E-state index contributed by atoms with van der Waals surface area (Å²) in [6.07, 6.45) is 2.59. The zero-order valence-electron chi connectivity index (χ0n) is 16.7. The summed E-state index contributed by atoms with van der Waals surface area (Å²) in [4.78, 5) is 21.3. The van der Waals surface area contributed by atoms with Crippen LogP contribution in [0.15, 0.2) is 29.3 Å². The van der Waals surface area contributed by atoms with E-state index in [4.69, 9.17) is 10.5 Å². The molecule has 1 aromatic rings. The van der Waals surface area contributed by atoms with Crippen LogP contribution in [0.2, 0.25) is 0 Å². The molecule has 3 unspecified atom stereocenters. The molecule has 0 radical (unpaired) electrons. The first-order valence-corrected chi connectivity index (χ1v) is 10.0. The van der Waals surface area contributed by atoms with Gasteiger partial charge < -0.3 is 20.3 Å². The van der Waals surface area contributed by atoms with Crippen LogP contribution in [0.25, 0.3) is 0 Å². The van der Waals surface area contributed by atoms with E-state index in [1.165, 1.54) is 12.8 Å². The summed E-state index contributed by atoms with van der Waals surface area (Å²) in [5, 5.41) is 0. The molecule has 1 aromatic carbocycles. The maximum Gasteiger partial charge on any atom is 0.254 e. The number of nitrogens with zero attached hydrogens (tertiary/aromatic N) is 3. The highest BCUT2D eigenvalue weighted by atomic mass is 16.5. The molecule has 2 N–H and O–H groups in total. The summed E-state index contributed by atoms with van der Waals surface area (Å²) in [6.45, 7) is 10.1. The molecule has 1 amide bonds. The first kappa shape index (κ1) is 19.7. The van der Waals surface area contributed by atoms with Crippen molar-refractivity contribution in [3.63, 3.8) is 0 Å². The maximum absolute atomic E-state index is 12.7. The quantitative estimate of drug-likeness (QED) is 0.654. The summed E-state index contributed by atoms with van der Waals surface area (Å²) in [7, 11) is 0. The minimum Gasteiger partial charge on any atom is -0.372 e. The third kappa shape index (κ3) is 5.22. The lowest BCUT2D eigenvalue weighted by molar-refractivity contribution is -0.0586. The lowest BCUT2D eigenvalue weighted by Crippen LogP contribution is -2.48. The van der Waals surface area contributed by atoms with Gasteiger partial charge in [-0.25, -0.2) is 4.99 Å². The van der Waals surface area contributed by atoms with Crippen molar-refractivity contribution in [2.75, 3.05) is 26.2 Å². The second-order valence-corrected chi connectivity index (χ2v) is 8.03. The molecule has 6 nitrogen and oxygen atoms in total. The Labute approximate surface area is 162 Å². The minimum atomic E-state index is 0.0638. The van der Waals surface area contributed by atoms with Crippen LogP contribution in [0.5, 0.6) is 0 Å². The van der Waals surface area contributed by atoms with E-state index >= 15 is 0 Å². The number of rotatable bonds is 3. The van der Waals surface area contributed by atoms with Gasteiger partial charge in [-0.1, -0.05) is 19.1 Å². The number of likely N-dealkylation sites (tertiary alicyclic amines) is 1. The SMILES string of the molecule is CC1CCCN(C(N)=NCc2ccc(C(=O)N3CC(C)OC(C)C3)cc2)C1. The molecule has 27 heavy (non-hydrogen) atoms. The van der Waals surface area contributed by atoms with E-state index in [1.54, 1.807) is 0 Å². The van der Waals surface area contributed by atoms with Crippen LogP contribution in [-0.4, -0.2) is 60.1 Å². The Bertz CT molecular complexity index is 663. The topological polar surface area (TPSA) is 71.2 Å². The third-order valence-corrected chi connectivity index (χ3v) is 5.31. The monoisotopic (exact) mass is 372 g/mol. The second kappa shape index (κ2) is 8.74. The van der Waals surface area contributed by atoms with Gasteiger partial charge in [0.2, 0.25) is 0 Å². The molecular formula is C21H32N4O2. The fourth-order valence-electron chi connectivity index (χ4n) is 3.95. The van der Waals surface area contributed by atoms with Crippen LogP contribution in [0, 0.1) is 5.92 Å². The van der Waals surface area contributed by atoms with Crippen LogP contribution in [0.1, 0.15) is 49.5 Å². The largest absolute Gasteiger partial charge is 0.372 e. The number of morpholine rings is 1. The average molecular weight is 373 g/mol. The van der Waals surface area contributed by atoms with Crippen LogP contribution < -0.4 is 5.73 Å². The molecule has 0 spiro atoms. The van der Waals surface area contributed by atoms with Crippen molar-refractivity contribution in [2.45, 2.75) is 52.4 Å². The molecule has 0 aliphatic carbocycles. The van der Waals surface area contributed by atoms with E-state index in [0.717, 1.165) is 18.7 Å². The number of piperidine rings is 1. The molecular weight excluding hydrogens is 340 g/mol. The molecule has 6 heteroatoms. The van der Waals surface area contributed by atoms with Gasteiger partial charge in [0.15, 0.2) is 5.96 Å². The zero-order valence-corrected chi connectivity index (χ0v) is 16.7. The number of benzene rings is 1. The lowest BCUT2D eigenvalue weighted by Gasteiger charge is -2.35. The molecule has 148 valence electrons. The highest BCUT2D eigenvalue weighted by molar-refractivity contribution is 5.94. The van der Waals surface area contributed by atoms with E-state index < -0.39 is 0 Å². The Morgan fingerprint density at radius 3 is 2.41 bits per heavy atom. The summed E-state index contributed by atoms with van der Waals surface area (Å²) >= 11 is 0. The zero-order chi connectivity index (χ0) is 19.4. The van der Waals surface area contributed by atoms with Crippen molar-refractivity contribution < 1.29 is 9.53 Å². The van der Waals surface area contributed by atoms with Gasteiger partial charge in [0.25, 0.3) is 5.91 Å². The van der Waals surface area contributed by atoms with Gasteiger partial charge in [-0.15, -0.1) is 0 Å². The number of aliphatic imine (C=N–C) groups is 1. The van der Waals surface area contributed by atoms with Crippen molar-refractivity contribution >= 4 is 11.9 Å². The van der Waals surface area contributed by atoms with Gasteiger partial charge in [0.05, 0.1) is 18.8 Å². The minimum absolute atomic E-state index is 0.0638. The van der Waals surface area contributed by atoms with Crippen LogP contribution >= 0.6 is 0 Å². The maximum atomic E-state index is 12.7. The standard InChI is InChI=1S/C21H32N4O2/c1-15-5-4-10-24(12-15)21(22)23-11-18-6-8-19(9-7-18)20(26)25-13-16(2)27-17(3)14-25/h6-9,15-17H,4-5,10-14H2,1-3H3,(H2,22,23). The molecule has 2 heterocycles. The predicted octanol–water partition coefficient (Wildman–Crippen LogP) is 2.48. The molecule has 2 fully saturated rings. The van der Waals surface area contributed by atoms with Crippen LogP contribution in [-0.2, 0) is 11.3 Å². The third-order valence-electron chi connectivity index (χ3n) is 5.31. The van der Waals surface area contributed by atoms with E-state index in [9.17, 15) is 4.79 Å². The molecule has 0 saturated carbocycles. The van der Waals surface area contributed by atoms with Gasteiger partial charge in [-0.2, -0.15) is 0 Å². The number of nitrogens with two attached hydrogens (primary N) is 1. The van der Waals surface area contributed by atoms with Gasteiger partial charge in [-0.05, 0) is 50.3 Å². The van der Waals surface area contributed by atoms with Crippen molar-refractivity contribution in [1.82, 2.24) is 9.80 Å². The van der Waals surface area contributed by atoms with E-state index in [1.807, 2.05) is 43.0 Å². The Kier molecular flexibility index (Phi) is 6.37. The summed E-state index contributed by atoms with van der Waals surface area (Å²) in [5.74, 6) is 1.36. The first-order valence-electron chi connectivity index (χ1n) is 10.0. The Hall–Kier alpha value is -2.08. The van der Waals surface area contributed by atoms with E-state index in [2.05, 4.69) is 16.8 Å². The molecule has 3 atom stereocenters. The Morgan fingerprint density at radius 1 is 1.11 bits per heavy atom. The molecule has 2 aliphatic rings. The second-order valence-electron chi connectivity index (χ2n) is 8.03. The van der Waals surface area contributed by atoms with E-state index in [-0.39, 0.29) is 18.1 Å². The van der Waals surface area contributed by atoms with Gasteiger partial charge in [-0.3, -0.25) is 4.79 Å². The van der Waals surface area contributed by atoms with Crippen molar-refractivity contribution in [1.29, 1.82) is 0 Å². The first-order chi connectivity index (χ1) is 12.9. The van der Waals surface area contributed by atoms with Gasteiger partial charge in [0.1, 0.15) is 0 Å². The normalized spacial score (nSPS) is 26.9. The predicted molar refractivity (Wildman–Crippen MR) is 108 cm³/mol. The number of hydrogen-bond donors (Lipinski definition) is 1. The summed E-state index contributed by atoms with van der Waals surface area (Å²) in [5.41, 5.74) is 7.93. The van der Waals surface area contributed by atoms with Crippen molar-refractivity contribution in [2.24, 2.45) is 16.6 Å². The number of amides is 1. The fraction of sp³-hybridized carbons (Fsp3) is 0.619. The molecule has 0 aromatic heterocycles. The van der Waals surface area contributed by atoms with Crippen molar-refractivity contribution in [3.05, 3.63) is 35.4 Å².